The molecule has 0 saturated carbocycles. The number of carbonyl (C=O) groups excluding carboxylic acids is 1. The molecular formula is C5H4Cl3NO2. The van der Waals surface area contributed by atoms with Crippen molar-refractivity contribution in [2.24, 2.45) is 0 Å². The summed E-state index contributed by atoms with van der Waals surface area (Å²) in [7, 11) is 0. The maximum atomic E-state index is 10.3. The van der Waals surface area contributed by atoms with E-state index < -0.39 is 15.9 Å². The topological polar surface area (TPSA) is 50.1 Å². The molecule has 0 aliphatic rings. The third-order valence-corrected chi connectivity index (χ3v) is 1.29. The van der Waals surface area contributed by atoms with Gasteiger partial charge in [0.05, 0.1) is 0 Å². The van der Waals surface area contributed by atoms with Crippen molar-refractivity contribution in [3.63, 3.8) is 0 Å². The van der Waals surface area contributed by atoms with Crippen molar-refractivity contribution in [2.45, 2.75) is 16.8 Å². The van der Waals surface area contributed by atoms with Gasteiger partial charge in [0, 0.05) is 6.92 Å². The van der Waals surface area contributed by atoms with Crippen LogP contribution in [-0.2, 0) is 9.53 Å². The number of hydrogen-bond donors (Lipinski definition) is 0. The molecule has 0 rings (SSSR count). The van der Waals surface area contributed by atoms with E-state index in [2.05, 4.69) is 4.74 Å². The van der Waals surface area contributed by atoms with E-state index in [4.69, 9.17) is 40.1 Å². The van der Waals surface area contributed by atoms with Crippen LogP contribution in [0.25, 0.3) is 0 Å². The summed E-state index contributed by atoms with van der Waals surface area (Å²) in [5.41, 5.74) is 0. The molecule has 3 nitrogen and oxygen atoms in total. The van der Waals surface area contributed by atoms with Gasteiger partial charge in [0.2, 0.25) is 9.90 Å². The van der Waals surface area contributed by atoms with E-state index in [1.54, 1.807) is 0 Å². The van der Waals surface area contributed by atoms with E-state index in [0.717, 1.165) is 6.92 Å². The standard InChI is InChI=1S/C5H4Cl3NO2/c1-3(10)11-4(2-9)5(6,7)8/h4H,1H3. The fourth-order valence-corrected chi connectivity index (χ4v) is 0.612. The van der Waals surface area contributed by atoms with Gasteiger partial charge < -0.3 is 4.74 Å². The number of rotatable bonds is 1. The summed E-state index contributed by atoms with van der Waals surface area (Å²) in [6.45, 7) is 1.13. The van der Waals surface area contributed by atoms with Crippen LogP contribution in [-0.4, -0.2) is 15.9 Å². The highest BCUT2D eigenvalue weighted by molar-refractivity contribution is 6.68. The minimum atomic E-state index is -1.89. The zero-order valence-electron chi connectivity index (χ0n) is 5.47. The van der Waals surface area contributed by atoms with Gasteiger partial charge in [0.25, 0.3) is 0 Å². The van der Waals surface area contributed by atoms with E-state index in [9.17, 15) is 4.79 Å². The molecule has 0 N–H and O–H groups in total. The first-order valence-electron chi connectivity index (χ1n) is 2.51. The van der Waals surface area contributed by atoms with Crippen LogP contribution >= 0.6 is 34.8 Å². The maximum Gasteiger partial charge on any atom is 0.304 e. The van der Waals surface area contributed by atoms with Crippen molar-refractivity contribution in [1.82, 2.24) is 0 Å². The van der Waals surface area contributed by atoms with Crippen molar-refractivity contribution in [2.75, 3.05) is 0 Å². The summed E-state index contributed by atoms with van der Waals surface area (Å²) < 4.78 is 2.48. The summed E-state index contributed by atoms with van der Waals surface area (Å²) in [4.78, 5) is 10.3. The van der Waals surface area contributed by atoms with Gasteiger partial charge in [-0.1, -0.05) is 34.8 Å². The van der Waals surface area contributed by atoms with Crippen LogP contribution in [0.5, 0.6) is 0 Å². The lowest BCUT2D eigenvalue weighted by Crippen LogP contribution is -2.28. The van der Waals surface area contributed by atoms with Crippen LogP contribution in [0.4, 0.5) is 0 Å². The molecule has 0 bridgehead atoms. The fourth-order valence-electron chi connectivity index (χ4n) is 0.332. The highest BCUT2D eigenvalue weighted by Gasteiger charge is 2.35. The monoisotopic (exact) mass is 215 g/mol. The van der Waals surface area contributed by atoms with Gasteiger partial charge >= 0.3 is 5.97 Å². The Kier molecular flexibility index (Phi) is 3.95. The molecule has 0 aromatic rings. The SMILES string of the molecule is CC(=O)OC(C#N)C(Cl)(Cl)Cl. The molecule has 62 valence electrons. The molecule has 0 saturated heterocycles. The molecule has 0 spiro atoms. The molecule has 0 aliphatic carbocycles. The first-order valence-corrected chi connectivity index (χ1v) is 3.65. The van der Waals surface area contributed by atoms with Gasteiger partial charge in [0.15, 0.2) is 0 Å². The summed E-state index contributed by atoms with van der Waals surface area (Å²) in [6, 6.07) is 1.53. The largest absolute Gasteiger partial charge is 0.442 e. The Balaban J connectivity index is 4.22. The minimum Gasteiger partial charge on any atom is -0.442 e. The molecule has 11 heavy (non-hydrogen) atoms. The highest BCUT2D eigenvalue weighted by Crippen LogP contribution is 2.31. The van der Waals surface area contributed by atoms with Crippen LogP contribution < -0.4 is 0 Å². The van der Waals surface area contributed by atoms with Crippen molar-refractivity contribution in [3.8, 4) is 6.07 Å². The Hall–Kier alpha value is -0.170. The van der Waals surface area contributed by atoms with E-state index >= 15 is 0 Å². The smallest absolute Gasteiger partial charge is 0.304 e. The number of alkyl halides is 3. The van der Waals surface area contributed by atoms with Crippen LogP contribution in [0.1, 0.15) is 6.92 Å². The van der Waals surface area contributed by atoms with Gasteiger partial charge in [-0.25, -0.2) is 0 Å². The molecule has 0 aliphatic heterocycles. The number of ether oxygens (including phenoxy) is 1. The Bertz CT molecular complexity index is 193. The molecule has 0 radical (unpaired) electrons. The molecular weight excluding hydrogens is 212 g/mol. The maximum absolute atomic E-state index is 10.3. The Labute approximate surface area is 78.8 Å². The fraction of sp³-hybridized carbons (Fsp3) is 0.600. The molecule has 0 heterocycles. The average molecular weight is 216 g/mol. The summed E-state index contributed by atoms with van der Waals surface area (Å²) in [5, 5.41) is 8.33. The zero-order valence-corrected chi connectivity index (χ0v) is 7.74. The molecule has 0 aromatic carbocycles. The second kappa shape index (κ2) is 4.01. The molecule has 0 fully saturated rings. The number of nitriles is 1. The average Bonchev–Trinajstić information content (AvgIpc) is 1.79. The van der Waals surface area contributed by atoms with E-state index in [0.29, 0.717) is 0 Å². The number of halogens is 3. The third-order valence-electron chi connectivity index (χ3n) is 0.698. The highest BCUT2D eigenvalue weighted by atomic mass is 35.6. The molecule has 0 aromatic heterocycles. The lowest BCUT2D eigenvalue weighted by Gasteiger charge is -2.16. The number of esters is 1. The molecule has 1 unspecified atom stereocenters. The van der Waals surface area contributed by atoms with E-state index in [-0.39, 0.29) is 0 Å². The molecule has 1 atom stereocenters. The Morgan fingerprint density at radius 3 is 2.18 bits per heavy atom. The van der Waals surface area contributed by atoms with Crippen molar-refractivity contribution in [3.05, 3.63) is 0 Å². The van der Waals surface area contributed by atoms with E-state index in [1.165, 1.54) is 6.07 Å². The number of hydrogen-bond acceptors (Lipinski definition) is 3. The van der Waals surface area contributed by atoms with Crippen LogP contribution in [0.15, 0.2) is 0 Å². The normalized spacial score (nSPS) is 13.4. The lowest BCUT2D eigenvalue weighted by atomic mass is 10.4. The second-order valence-corrected chi connectivity index (χ2v) is 4.03. The number of nitrogens with zero attached hydrogens (tertiary/aromatic N) is 1. The summed E-state index contributed by atoms with van der Waals surface area (Å²) in [5.74, 6) is -0.664. The first-order chi connectivity index (χ1) is 4.88. The summed E-state index contributed by atoms with van der Waals surface area (Å²) >= 11 is 15.8. The van der Waals surface area contributed by atoms with Crippen molar-refractivity contribution >= 4 is 40.8 Å². The van der Waals surface area contributed by atoms with Gasteiger partial charge in [-0.05, 0) is 0 Å². The Morgan fingerprint density at radius 2 is 2.09 bits per heavy atom. The van der Waals surface area contributed by atoms with Crippen LogP contribution in [0.3, 0.4) is 0 Å². The Morgan fingerprint density at radius 1 is 1.64 bits per heavy atom. The van der Waals surface area contributed by atoms with Gasteiger partial charge in [-0.2, -0.15) is 5.26 Å². The molecule has 0 amide bonds. The predicted octanol–water partition coefficient (Wildman–Crippen LogP) is 1.81. The quantitative estimate of drug-likeness (QED) is 0.496. The van der Waals surface area contributed by atoms with E-state index in [1.807, 2.05) is 0 Å². The minimum absolute atomic E-state index is 0.664. The van der Waals surface area contributed by atoms with Crippen LogP contribution in [0, 0.1) is 11.3 Å². The van der Waals surface area contributed by atoms with Gasteiger partial charge in [0.1, 0.15) is 6.07 Å². The summed E-state index contributed by atoms with van der Waals surface area (Å²) in [6.07, 6.45) is -1.36. The first kappa shape index (κ1) is 10.8. The zero-order chi connectivity index (χ0) is 9.07. The van der Waals surface area contributed by atoms with Crippen molar-refractivity contribution < 1.29 is 9.53 Å². The number of carbonyl (C=O) groups is 1. The molecule has 6 heteroatoms. The third kappa shape index (κ3) is 4.31. The predicted molar refractivity (Wildman–Crippen MR) is 41.5 cm³/mol. The van der Waals surface area contributed by atoms with Gasteiger partial charge in [-0.3, -0.25) is 4.79 Å². The van der Waals surface area contributed by atoms with Crippen LogP contribution in [0.2, 0.25) is 0 Å². The van der Waals surface area contributed by atoms with Crippen molar-refractivity contribution in [1.29, 1.82) is 5.26 Å². The second-order valence-electron chi connectivity index (χ2n) is 1.66. The van der Waals surface area contributed by atoms with Gasteiger partial charge in [-0.15, -0.1) is 0 Å². The lowest BCUT2D eigenvalue weighted by molar-refractivity contribution is -0.143.